The molecule has 1 amide bonds. The third-order valence-electron chi connectivity index (χ3n) is 4.59. The fraction of sp³-hybridized carbons (Fsp3) is 0.350. The summed E-state index contributed by atoms with van der Waals surface area (Å²) in [7, 11) is 0. The lowest BCUT2D eigenvalue weighted by atomic mass is 10.0. The molecule has 0 aliphatic carbocycles. The van der Waals surface area contributed by atoms with E-state index in [1.807, 2.05) is 18.2 Å². The average Bonchev–Trinajstić information content (AvgIpc) is 2.64. The summed E-state index contributed by atoms with van der Waals surface area (Å²) in [5, 5.41) is 3.56. The van der Waals surface area contributed by atoms with Gasteiger partial charge in [0.25, 0.3) is 5.91 Å². The summed E-state index contributed by atoms with van der Waals surface area (Å²) in [6.07, 6.45) is 3.74. The smallest absolute Gasteiger partial charge is 0.252 e. The van der Waals surface area contributed by atoms with Crippen LogP contribution in [0, 0.1) is 0 Å². The van der Waals surface area contributed by atoms with Gasteiger partial charge in [0.1, 0.15) is 0 Å². The maximum absolute atomic E-state index is 12.5. The predicted molar refractivity (Wildman–Crippen MR) is 98.4 cm³/mol. The Morgan fingerprint density at radius 3 is 2.38 bits per heavy atom. The number of nitrogens with one attached hydrogen (secondary N) is 1. The van der Waals surface area contributed by atoms with E-state index in [0.29, 0.717) is 17.1 Å². The highest BCUT2D eigenvalue weighted by atomic mass is 35.5. The zero-order chi connectivity index (χ0) is 16.8. The van der Waals surface area contributed by atoms with Crippen molar-refractivity contribution in [2.24, 2.45) is 0 Å². The second kappa shape index (κ2) is 8.32. The van der Waals surface area contributed by atoms with Gasteiger partial charge in [-0.1, -0.05) is 60.5 Å². The van der Waals surface area contributed by atoms with Crippen LogP contribution >= 0.6 is 11.6 Å². The number of rotatable bonds is 5. The fourth-order valence-corrected chi connectivity index (χ4v) is 3.51. The zero-order valence-electron chi connectivity index (χ0n) is 13.7. The topological polar surface area (TPSA) is 32.3 Å². The quantitative estimate of drug-likeness (QED) is 0.878. The van der Waals surface area contributed by atoms with Crippen molar-refractivity contribution < 1.29 is 4.79 Å². The second-order valence-corrected chi connectivity index (χ2v) is 6.62. The molecular formula is C20H23ClN2O. The number of benzene rings is 2. The number of hydrogen-bond acceptors (Lipinski definition) is 2. The van der Waals surface area contributed by atoms with Gasteiger partial charge in [-0.15, -0.1) is 0 Å². The first-order chi connectivity index (χ1) is 11.8. The van der Waals surface area contributed by atoms with Gasteiger partial charge in [0.05, 0.1) is 16.6 Å². The molecule has 1 heterocycles. The van der Waals surface area contributed by atoms with Crippen LogP contribution in [0.3, 0.4) is 0 Å². The van der Waals surface area contributed by atoms with Crippen LogP contribution in [0.4, 0.5) is 0 Å². The van der Waals surface area contributed by atoms with E-state index in [-0.39, 0.29) is 11.9 Å². The van der Waals surface area contributed by atoms with Gasteiger partial charge >= 0.3 is 0 Å². The van der Waals surface area contributed by atoms with Gasteiger partial charge in [-0.3, -0.25) is 9.69 Å². The van der Waals surface area contributed by atoms with Crippen molar-refractivity contribution in [3.8, 4) is 0 Å². The number of hydrogen-bond donors (Lipinski definition) is 1. The molecule has 3 nitrogen and oxygen atoms in total. The van der Waals surface area contributed by atoms with Crippen LogP contribution in [-0.4, -0.2) is 30.4 Å². The Hall–Kier alpha value is -1.84. The summed E-state index contributed by atoms with van der Waals surface area (Å²) in [5.41, 5.74) is 1.78. The van der Waals surface area contributed by atoms with Crippen molar-refractivity contribution in [1.29, 1.82) is 0 Å². The molecule has 4 heteroatoms. The van der Waals surface area contributed by atoms with Crippen molar-refractivity contribution in [2.45, 2.75) is 25.3 Å². The number of carbonyl (C=O) groups is 1. The standard InChI is InChI=1S/C20H23ClN2O/c21-18-12-6-5-11-17(18)20(24)22-15-19(16-9-3-1-4-10-16)23-13-7-2-8-14-23/h1,3-6,9-12,19H,2,7-8,13-15H2,(H,22,24). The molecule has 2 aromatic carbocycles. The number of nitrogens with zero attached hydrogens (tertiary/aromatic N) is 1. The lowest BCUT2D eigenvalue weighted by Gasteiger charge is -2.35. The molecule has 0 spiro atoms. The number of halogens is 1. The van der Waals surface area contributed by atoms with Crippen molar-refractivity contribution in [3.05, 3.63) is 70.7 Å². The van der Waals surface area contributed by atoms with Crippen molar-refractivity contribution in [2.75, 3.05) is 19.6 Å². The Labute approximate surface area is 148 Å². The van der Waals surface area contributed by atoms with Gasteiger partial charge in [0.2, 0.25) is 0 Å². The third kappa shape index (κ3) is 4.16. The molecule has 1 aliphatic heterocycles. The Kier molecular flexibility index (Phi) is 5.89. The molecule has 2 aromatic rings. The van der Waals surface area contributed by atoms with Gasteiger partial charge < -0.3 is 5.32 Å². The molecule has 0 radical (unpaired) electrons. The summed E-state index contributed by atoms with van der Waals surface area (Å²) in [4.78, 5) is 14.9. The van der Waals surface area contributed by atoms with E-state index in [2.05, 4.69) is 34.5 Å². The SMILES string of the molecule is O=C(NCC(c1ccccc1)N1CCCCC1)c1ccccc1Cl. The zero-order valence-corrected chi connectivity index (χ0v) is 14.5. The van der Waals surface area contributed by atoms with Crippen LogP contribution < -0.4 is 5.32 Å². The van der Waals surface area contributed by atoms with Crippen molar-refractivity contribution in [3.63, 3.8) is 0 Å². The Morgan fingerprint density at radius 1 is 1.00 bits per heavy atom. The highest BCUT2D eigenvalue weighted by Gasteiger charge is 2.23. The van der Waals surface area contributed by atoms with E-state index in [4.69, 9.17) is 11.6 Å². The van der Waals surface area contributed by atoms with E-state index in [0.717, 1.165) is 13.1 Å². The molecule has 1 atom stereocenters. The lowest BCUT2D eigenvalue weighted by Crippen LogP contribution is -2.40. The van der Waals surface area contributed by atoms with E-state index in [1.165, 1.54) is 24.8 Å². The molecule has 1 fully saturated rings. The highest BCUT2D eigenvalue weighted by Crippen LogP contribution is 2.24. The Bertz CT molecular complexity index is 668. The van der Waals surface area contributed by atoms with Gasteiger partial charge in [0.15, 0.2) is 0 Å². The molecule has 0 bridgehead atoms. The molecule has 1 saturated heterocycles. The average molecular weight is 343 g/mol. The van der Waals surface area contributed by atoms with Crippen LogP contribution in [0.1, 0.15) is 41.2 Å². The van der Waals surface area contributed by atoms with Crippen LogP contribution in [0.25, 0.3) is 0 Å². The predicted octanol–water partition coefficient (Wildman–Crippen LogP) is 4.30. The van der Waals surface area contributed by atoms with Crippen LogP contribution in [0.5, 0.6) is 0 Å². The van der Waals surface area contributed by atoms with Crippen LogP contribution in [-0.2, 0) is 0 Å². The van der Waals surface area contributed by atoms with Crippen molar-refractivity contribution in [1.82, 2.24) is 10.2 Å². The summed E-state index contributed by atoms with van der Waals surface area (Å²) >= 11 is 6.13. The number of amides is 1. The van der Waals surface area contributed by atoms with Crippen LogP contribution in [0.2, 0.25) is 5.02 Å². The molecule has 0 aromatic heterocycles. The monoisotopic (exact) mass is 342 g/mol. The van der Waals surface area contributed by atoms with Gasteiger partial charge in [-0.2, -0.15) is 0 Å². The summed E-state index contributed by atoms with van der Waals surface area (Å²) in [6.45, 7) is 2.76. The maximum atomic E-state index is 12.5. The minimum absolute atomic E-state index is 0.112. The minimum Gasteiger partial charge on any atom is -0.350 e. The summed E-state index contributed by atoms with van der Waals surface area (Å²) in [6, 6.07) is 17.8. The largest absolute Gasteiger partial charge is 0.350 e. The number of carbonyl (C=O) groups excluding carboxylic acids is 1. The van der Waals surface area contributed by atoms with Crippen LogP contribution in [0.15, 0.2) is 54.6 Å². The molecule has 0 saturated carbocycles. The Morgan fingerprint density at radius 2 is 1.67 bits per heavy atom. The van der Waals surface area contributed by atoms with E-state index in [1.54, 1.807) is 12.1 Å². The first kappa shape index (κ1) is 17.0. The number of piperidine rings is 1. The van der Waals surface area contributed by atoms with E-state index >= 15 is 0 Å². The van der Waals surface area contributed by atoms with E-state index in [9.17, 15) is 4.79 Å². The molecular weight excluding hydrogens is 320 g/mol. The number of likely N-dealkylation sites (tertiary alicyclic amines) is 1. The minimum atomic E-state index is -0.112. The maximum Gasteiger partial charge on any atom is 0.252 e. The van der Waals surface area contributed by atoms with E-state index < -0.39 is 0 Å². The Balaban J connectivity index is 1.72. The molecule has 1 N–H and O–H groups in total. The first-order valence-electron chi connectivity index (χ1n) is 8.57. The lowest BCUT2D eigenvalue weighted by molar-refractivity contribution is 0.0924. The fourth-order valence-electron chi connectivity index (χ4n) is 3.29. The third-order valence-corrected chi connectivity index (χ3v) is 4.92. The molecule has 3 rings (SSSR count). The highest BCUT2D eigenvalue weighted by molar-refractivity contribution is 6.33. The molecule has 1 aliphatic rings. The van der Waals surface area contributed by atoms with Gasteiger partial charge in [-0.25, -0.2) is 0 Å². The molecule has 1 unspecified atom stereocenters. The molecule has 126 valence electrons. The normalized spacial score (nSPS) is 16.5. The summed E-state index contributed by atoms with van der Waals surface area (Å²) < 4.78 is 0. The van der Waals surface area contributed by atoms with Gasteiger partial charge in [-0.05, 0) is 43.6 Å². The summed E-state index contributed by atoms with van der Waals surface area (Å²) in [5.74, 6) is -0.112. The van der Waals surface area contributed by atoms with Crippen molar-refractivity contribution >= 4 is 17.5 Å². The molecule has 24 heavy (non-hydrogen) atoms. The first-order valence-corrected chi connectivity index (χ1v) is 8.95. The van der Waals surface area contributed by atoms with Gasteiger partial charge in [0, 0.05) is 6.54 Å². The second-order valence-electron chi connectivity index (χ2n) is 6.21.